The summed E-state index contributed by atoms with van der Waals surface area (Å²) in [6.07, 6.45) is 3.91. The molecule has 0 unspecified atom stereocenters. The van der Waals surface area contributed by atoms with Crippen LogP contribution in [0.15, 0.2) is 59.8 Å². The molecule has 0 fully saturated rings. The molecule has 5 nitrogen and oxygen atoms in total. The number of carbonyl (C=O) groups excluding carboxylic acids is 1. The van der Waals surface area contributed by atoms with Crippen molar-refractivity contribution in [2.45, 2.75) is 19.9 Å². The van der Waals surface area contributed by atoms with E-state index in [0.717, 1.165) is 28.6 Å². The molecule has 0 radical (unpaired) electrons. The topological polar surface area (TPSA) is 66.6 Å². The number of amides is 1. The van der Waals surface area contributed by atoms with Crippen LogP contribution in [0.4, 0.5) is 0 Å². The van der Waals surface area contributed by atoms with Crippen molar-refractivity contribution in [1.29, 1.82) is 0 Å². The first-order valence-corrected chi connectivity index (χ1v) is 7.85. The van der Waals surface area contributed by atoms with Gasteiger partial charge in [-0.3, -0.25) is 4.79 Å². The highest BCUT2D eigenvalue weighted by molar-refractivity contribution is 5.99. The molecule has 0 aliphatic carbocycles. The van der Waals surface area contributed by atoms with Crippen molar-refractivity contribution in [1.82, 2.24) is 9.99 Å². The van der Waals surface area contributed by atoms with Crippen LogP contribution in [0.5, 0.6) is 5.75 Å². The van der Waals surface area contributed by atoms with Crippen LogP contribution >= 0.6 is 0 Å². The Kier molecular flexibility index (Phi) is 4.61. The Balaban J connectivity index is 1.68. The van der Waals surface area contributed by atoms with Crippen molar-refractivity contribution in [2.24, 2.45) is 5.10 Å². The summed E-state index contributed by atoms with van der Waals surface area (Å²) in [5.41, 5.74) is 5.49. The minimum Gasteiger partial charge on any atom is -0.508 e. The summed E-state index contributed by atoms with van der Waals surface area (Å²) in [6.45, 7) is 2.97. The summed E-state index contributed by atoms with van der Waals surface area (Å²) in [5.74, 6) is -0.0133. The Morgan fingerprint density at radius 1 is 1.21 bits per heavy atom. The normalized spacial score (nSPS) is 11.2. The van der Waals surface area contributed by atoms with Gasteiger partial charge in [-0.15, -0.1) is 0 Å². The molecule has 1 amide bonds. The van der Waals surface area contributed by atoms with Gasteiger partial charge in [0.2, 0.25) is 5.91 Å². The summed E-state index contributed by atoms with van der Waals surface area (Å²) >= 11 is 0. The fourth-order valence-corrected chi connectivity index (χ4v) is 2.65. The zero-order chi connectivity index (χ0) is 16.9. The van der Waals surface area contributed by atoms with Crippen molar-refractivity contribution in [3.8, 4) is 5.75 Å². The van der Waals surface area contributed by atoms with Gasteiger partial charge in [-0.2, -0.15) is 5.10 Å². The maximum absolute atomic E-state index is 11.9. The second kappa shape index (κ2) is 7.00. The Morgan fingerprint density at radius 3 is 2.71 bits per heavy atom. The van der Waals surface area contributed by atoms with E-state index in [-0.39, 0.29) is 18.1 Å². The number of carbonyl (C=O) groups is 1. The second-order valence-electron chi connectivity index (χ2n) is 5.52. The molecule has 3 rings (SSSR count). The summed E-state index contributed by atoms with van der Waals surface area (Å²) in [5, 5.41) is 14.4. The van der Waals surface area contributed by atoms with E-state index in [4.69, 9.17) is 0 Å². The number of aromatic hydroxyl groups is 1. The van der Waals surface area contributed by atoms with E-state index in [1.165, 1.54) is 0 Å². The predicted molar refractivity (Wildman–Crippen MR) is 95.2 cm³/mol. The van der Waals surface area contributed by atoms with E-state index in [1.54, 1.807) is 30.5 Å². The van der Waals surface area contributed by atoms with Gasteiger partial charge in [-0.1, -0.05) is 30.3 Å². The lowest BCUT2D eigenvalue weighted by molar-refractivity contribution is -0.120. The molecular formula is C19H19N3O2. The zero-order valence-electron chi connectivity index (χ0n) is 13.4. The Labute approximate surface area is 140 Å². The van der Waals surface area contributed by atoms with Crippen molar-refractivity contribution in [3.05, 3.63) is 65.9 Å². The zero-order valence-corrected chi connectivity index (χ0v) is 13.4. The Bertz CT molecular complexity index is 879. The molecule has 0 bridgehead atoms. The molecule has 0 aliphatic rings. The van der Waals surface area contributed by atoms with E-state index in [2.05, 4.69) is 28.1 Å². The summed E-state index contributed by atoms with van der Waals surface area (Å²) in [6, 6.07) is 14.7. The minimum absolute atomic E-state index is 0.185. The molecule has 24 heavy (non-hydrogen) atoms. The maximum atomic E-state index is 11.9. The molecule has 5 heteroatoms. The highest BCUT2D eigenvalue weighted by Crippen LogP contribution is 2.19. The number of aryl methyl sites for hydroxylation is 1. The van der Waals surface area contributed by atoms with Gasteiger partial charge in [0.15, 0.2) is 0 Å². The number of fused-ring (bicyclic) bond motifs is 1. The number of nitrogens with zero attached hydrogens (tertiary/aromatic N) is 2. The third kappa shape index (κ3) is 3.46. The first-order chi connectivity index (χ1) is 11.7. The largest absolute Gasteiger partial charge is 0.508 e. The van der Waals surface area contributed by atoms with Crippen LogP contribution in [-0.4, -0.2) is 21.8 Å². The number of hydrogen-bond acceptors (Lipinski definition) is 3. The molecule has 0 saturated carbocycles. The second-order valence-corrected chi connectivity index (χ2v) is 5.52. The predicted octanol–water partition coefficient (Wildman–Crippen LogP) is 3.06. The maximum Gasteiger partial charge on any atom is 0.244 e. The smallest absolute Gasteiger partial charge is 0.244 e. The number of benzene rings is 2. The average molecular weight is 321 g/mol. The van der Waals surface area contributed by atoms with Crippen LogP contribution in [0.3, 0.4) is 0 Å². The van der Waals surface area contributed by atoms with Crippen LogP contribution in [0.1, 0.15) is 18.1 Å². The van der Waals surface area contributed by atoms with Crippen LogP contribution in [-0.2, 0) is 17.8 Å². The Hall–Kier alpha value is -3.08. The minimum atomic E-state index is -0.198. The Morgan fingerprint density at radius 2 is 1.96 bits per heavy atom. The number of hydrogen-bond donors (Lipinski definition) is 2. The van der Waals surface area contributed by atoms with Gasteiger partial charge >= 0.3 is 0 Å². The number of phenols is 1. The standard InChI is InChI=1S/C19H19N3O2/c1-2-22-13-15(17-5-3-4-6-18(17)22)12-20-21-19(24)11-14-7-9-16(23)10-8-14/h3-10,12-13,23H,2,11H2,1H3,(H,21,24)/b20-12-. The van der Waals surface area contributed by atoms with Crippen LogP contribution in [0, 0.1) is 0 Å². The van der Waals surface area contributed by atoms with Crippen molar-refractivity contribution >= 4 is 23.0 Å². The van der Waals surface area contributed by atoms with E-state index < -0.39 is 0 Å². The SMILES string of the molecule is CCn1cc(/C=N\NC(=O)Cc2ccc(O)cc2)c2ccccc21. The first kappa shape index (κ1) is 15.8. The van der Waals surface area contributed by atoms with E-state index in [9.17, 15) is 9.90 Å². The number of nitrogens with one attached hydrogen (secondary N) is 1. The fraction of sp³-hybridized carbons (Fsp3) is 0.158. The van der Waals surface area contributed by atoms with E-state index >= 15 is 0 Å². The lowest BCUT2D eigenvalue weighted by atomic mass is 10.1. The molecule has 122 valence electrons. The van der Waals surface area contributed by atoms with Gasteiger partial charge in [-0.05, 0) is 30.7 Å². The van der Waals surface area contributed by atoms with Gasteiger partial charge in [0, 0.05) is 29.2 Å². The fourth-order valence-electron chi connectivity index (χ4n) is 2.65. The van der Waals surface area contributed by atoms with Crippen LogP contribution in [0.25, 0.3) is 10.9 Å². The molecule has 0 saturated heterocycles. The van der Waals surface area contributed by atoms with Crippen LogP contribution < -0.4 is 5.43 Å². The van der Waals surface area contributed by atoms with Gasteiger partial charge in [0.05, 0.1) is 12.6 Å². The van der Waals surface area contributed by atoms with E-state index in [1.807, 2.05) is 24.4 Å². The van der Waals surface area contributed by atoms with Gasteiger partial charge in [0.1, 0.15) is 5.75 Å². The molecular weight excluding hydrogens is 302 g/mol. The lowest BCUT2D eigenvalue weighted by Crippen LogP contribution is -2.19. The van der Waals surface area contributed by atoms with Crippen molar-refractivity contribution in [3.63, 3.8) is 0 Å². The molecule has 2 aromatic carbocycles. The monoisotopic (exact) mass is 321 g/mol. The molecule has 0 aliphatic heterocycles. The highest BCUT2D eigenvalue weighted by atomic mass is 16.3. The van der Waals surface area contributed by atoms with E-state index in [0.29, 0.717) is 0 Å². The van der Waals surface area contributed by atoms with Crippen molar-refractivity contribution in [2.75, 3.05) is 0 Å². The molecule has 0 spiro atoms. The molecule has 1 heterocycles. The third-order valence-corrected chi connectivity index (χ3v) is 3.85. The third-order valence-electron chi connectivity index (χ3n) is 3.85. The highest BCUT2D eigenvalue weighted by Gasteiger charge is 2.05. The molecule has 2 N–H and O–H groups in total. The molecule has 3 aromatic rings. The molecule has 0 atom stereocenters. The average Bonchev–Trinajstić information content (AvgIpc) is 2.95. The number of hydrazone groups is 1. The van der Waals surface area contributed by atoms with Crippen LogP contribution in [0.2, 0.25) is 0 Å². The summed E-state index contributed by atoms with van der Waals surface area (Å²) in [4.78, 5) is 11.9. The summed E-state index contributed by atoms with van der Waals surface area (Å²) in [7, 11) is 0. The number of rotatable bonds is 5. The van der Waals surface area contributed by atoms with Crippen molar-refractivity contribution < 1.29 is 9.90 Å². The first-order valence-electron chi connectivity index (χ1n) is 7.85. The number of phenolic OH excluding ortho intramolecular Hbond substituents is 1. The quantitative estimate of drug-likeness (QED) is 0.560. The van der Waals surface area contributed by atoms with Gasteiger partial charge in [0.25, 0.3) is 0 Å². The van der Waals surface area contributed by atoms with Gasteiger partial charge in [-0.25, -0.2) is 5.43 Å². The van der Waals surface area contributed by atoms with Gasteiger partial charge < -0.3 is 9.67 Å². The molecule has 1 aromatic heterocycles. The number of para-hydroxylation sites is 1. The summed E-state index contributed by atoms with van der Waals surface area (Å²) < 4.78 is 2.15. The lowest BCUT2D eigenvalue weighted by Gasteiger charge is -2.00. The number of aromatic nitrogens is 1.